The van der Waals surface area contributed by atoms with Gasteiger partial charge in [-0.25, -0.2) is 0 Å². The van der Waals surface area contributed by atoms with Gasteiger partial charge in [-0.2, -0.15) is 0 Å². The Labute approximate surface area is 107 Å². The van der Waals surface area contributed by atoms with Crippen LogP contribution in [0, 0.1) is 5.92 Å². The van der Waals surface area contributed by atoms with Crippen LogP contribution < -0.4 is 5.73 Å². The number of thiophene rings is 1. The van der Waals surface area contributed by atoms with Crippen LogP contribution in [0.25, 0.3) is 10.1 Å². The second-order valence-electron chi connectivity index (χ2n) is 5.18. The number of fused-ring (bicyclic) bond motifs is 1. The van der Waals surface area contributed by atoms with E-state index in [1.54, 1.807) is 0 Å². The molecule has 1 aromatic carbocycles. The van der Waals surface area contributed by atoms with Crippen LogP contribution in [0.3, 0.4) is 0 Å². The third-order valence-corrected chi connectivity index (χ3v) is 5.12. The highest BCUT2D eigenvalue weighted by Gasteiger charge is 2.20. The van der Waals surface area contributed by atoms with Gasteiger partial charge < -0.3 is 5.73 Å². The highest BCUT2D eigenvalue weighted by atomic mass is 32.1. The van der Waals surface area contributed by atoms with Crippen molar-refractivity contribution in [3.63, 3.8) is 0 Å². The summed E-state index contributed by atoms with van der Waals surface area (Å²) in [6, 6.07) is 11.1. The van der Waals surface area contributed by atoms with Crippen LogP contribution in [0.15, 0.2) is 30.3 Å². The molecular formula is C15H19NS. The van der Waals surface area contributed by atoms with Crippen LogP contribution in [0.4, 0.5) is 0 Å². The summed E-state index contributed by atoms with van der Waals surface area (Å²) in [7, 11) is 0. The summed E-state index contributed by atoms with van der Waals surface area (Å²) in [5, 5.41) is 1.34. The van der Waals surface area contributed by atoms with Crippen LogP contribution in [0.1, 0.15) is 43.0 Å². The smallest absolute Gasteiger partial charge is 0.0392 e. The molecular weight excluding hydrogens is 226 g/mol. The van der Waals surface area contributed by atoms with Crippen molar-refractivity contribution in [2.45, 2.75) is 38.1 Å². The van der Waals surface area contributed by atoms with Crippen molar-refractivity contribution < 1.29 is 0 Å². The molecule has 0 bridgehead atoms. The van der Waals surface area contributed by atoms with Crippen LogP contribution in [-0.4, -0.2) is 0 Å². The van der Waals surface area contributed by atoms with Crippen LogP contribution in [0.2, 0.25) is 0 Å². The van der Waals surface area contributed by atoms with Gasteiger partial charge in [0, 0.05) is 15.6 Å². The van der Waals surface area contributed by atoms with Crippen molar-refractivity contribution in [2.75, 3.05) is 0 Å². The molecule has 0 radical (unpaired) electrons. The summed E-state index contributed by atoms with van der Waals surface area (Å²) in [5.74, 6) is 0.871. The molecule has 1 atom stereocenters. The maximum Gasteiger partial charge on any atom is 0.0392 e. The predicted octanol–water partition coefficient (Wildman–Crippen LogP) is 4.48. The molecule has 1 nitrogen and oxygen atoms in total. The van der Waals surface area contributed by atoms with Crippen LogP contribution >= 0.6 is 11.3 Å². The first-order valence-electron chi connectivity index (χ1n) is 6.57. The number of hydrogen-bond donors (Lipinski definition) is 1. The lowest BCUT2D eigenvalue weighted by Gasteiger charge is -2.14. The maximum absolute atomic E-state index is 6.35. The molecule has 1 unspecified atom stereocenters. The van der Waals surface area contributed by atoms with E-state index in [0.29, 0.717) is 0 Å². The predicted molar refractivity (Wildman–Crippen MR) is 75.3 cm³/mol. The molecule has 3 rings (SSSR count). The van der Waals surface area contributed by atoms with Crippen molar-refractivity contribution in [2.24, 2.45) is 11.7 Å². The molecule has 1 fully saturated rings. The average molecular weight is 245 g/mol. The van der Waals surface area contributed by atoms with E-state index in [0.717, 1.165) is 5.92 Å². The SMILES string of the molecule is NC(CC1CCCC1)c1cc2ccccc2s1. The molecule has 1 heterocycles. The maximum atomic E-state index is 6.35. The van der Waals surface area contributed by atoms with Gasteiger partial charge in [-0.3, -0.25) is 0 Å². The Balaban J connectivity index is 1.77. The molecule has 17 heavy (non-hydrogen) atoms. The Hall–Kier alpha value is -0.860. The van der Waals surface area contributed by atoms with Gasteiger partial charge in [0.2, 0.25) is 0 Å². The molecule has 1 aromatic heterocycles. The van der Waals surface area contributed by atoms with Crippen LogP contribution in [-0.2, 0) is 0 Å². The molecule has 1 saturated carbocycles. The van der Waals surface area contributed by atoms with E-state index >= 15 is 0 Å². The monoisotopic (exact) mass is 245 g/mol. The van der Waals surface area contributed by atoms with E-state index in [4.69, 9.17) is 5.73 Å². The topological polar surface area (TPSA) is 26.0 Å². The lowest BCUT2D eigenvalue weighted by Crippen LogP contribution is -2.12. The van der Waals surface area contributed by atoms with E-state index in [9.17, 15) is 0 Å². The first-order chi connectivity index (χ1) is 8.33. The average Bonchev–Trinajstić information content (AvgIpc) is 2.96. The van der Waals surface area contributed by atoms with E-state index in [-0.39, 0.29) is 6.04 Å². The van der Waals surface area contributed by atoms with Crippen molar-refractivity contribution >= 4 is 21.4 Å². The van der Waals surface area contributed by atoms with E-state index in [2.05, 4.69) is 30.3 Å². The lowest BCUT2D eigenvalue weighted by atomic mass is 9.98. The summed E-state index contributed by atoms with van der Waals surface area (Å²) in [6.45, 7) is 0. The zero-order valence-corrected chi connectivity index (χ0v) is 10.9. The molecule has 1 aliphatic rings. The highest BCUT2D eigenvalue weighted by molar-refractivity contribution is 7.19. The molecule has 2 heteroatoms. The summed E-state index contributed by atoms with van der Waals surface area (Å²) < 4.78 is 1.37. The minimum Gasteiger partial charge on any atom is -0.323 e. The van der Waals surface area contributed by atoms with Gasteiger partial charge in [0.05, 0.1) is 0 Å². The van der Waals surface area contributed by atoms with Gasteiger partial charge in [0.25, 0.3) is 0 Å². The quantitative estimate of drug-likeness (QED) is 0.847. The fourth-order valence-corrected chi connectivity index (χ4v) is 3.99. The number of nitrogens with two attached hydrogens (primary N) is 1. The van der Waals surface area contributed by atoms with E-state index in [1.807, 2.05) is 11.3 Å². The number of rotatable bonds is 3. The minimum absolute atomic E-state index is 0.246. The second kappa shape index (κ2) is 4.79. The van der Waals surface area contributed by atoms with Crippen molar-refractivity contribution in [1.29, 1.82) is 0 Å². The third kappa shape index (κ3) is 2.38. The number of benzene rings is 1. The van der Waals surface area contributed by atoms with Gasteiger partial charge in [-0.05, 0) is 29.9 Å². The van der Waals surface area contributed by atoms with E-state index in [1.165, 1.54) is 47.1 Å². The summed E-state index contributed by atoms with van der Waals surface area (Å²) in [4.78, 5) is 1.36. The second-order valence-corrected chi connectivity index (χ2v) is 6.29. The molecule has 1 aliphatic carbocycles. The summed E-state index contributed by atoms with van der Waals surface area (Å²) in [5.41, 5.74) is 6.35. The highest BCUT2D eigenvalue weighted by Crippen LogP contribution is 2.35. The summed E-state index contributed by atoms with van der Waals surface area (Å²) in [6.07, 6.45) is 6.76. The molecule has 0 aliphatic heterocycles. The molecule has 0 amide bonds. The Morgan fingerprint density at radius 3 is 2.76 bits per heavy atom. The molecule has 2 N–H and O–H groups in total. The normalized spacial score (nSPS) is 18.9. The van der Waals surface area contributed by atoms with Gasteiger partial charge >= 0.3 is 0 Å². The fraction of sp³-hybridized carbons (Fsp3) is 0.467. The van der Waals surface area contributed by atoms with E-state index < -0.39 is 0 Å². The Morgan fingerprint density at radius 1 is 1.24 bits per heavy atom. The Kier molecular flexibility index (Phi) is 3.17. The molecule has 0 spiro atoms. The molecule has 0 saturated heterocycles. The van der Waals surface area contributed by atoms with Crippen molar-refractivity contribution in [3.05, 3.63) is 35.2 Å². The number of hydrogen-bond acceptors (Lipinski definition) is 2. The van der Waals surface area contributed by atoms with Crippen molar-refractivity contribution in [3.8, 4) is 0 Å². The van der Waals surface area contributed by atoms with Gasteiger partial charge in [0.15, 0.2) is 0 Å². The first-order valence-corrected chi connectivity index (χ1v) is 7.38. The first kappa shape index (κ1) is 11.2. The third-order valence-electron chi connectivity index (χ3n) is 3.87. The van der Waals surface area contributed by atoms with Gasteiger partial charge in [-0.15, -0.1) is 11.3 Å². The lowest BCUT2D eigenvalue weighted by molar-refractivity contribution is 0.454. The van der Waals surface area contributed by atoms with Crippen LogP contribution in [0.5, 0.6) is 0 Å². The zero-order chi connectivity index (χ0) is 11.7. The molecule has 90 valence electrons. The minimum atomic E-state index is 0.246. The zero-order valence-electron chi connectivity index (χ0n) is 10.1. The van der Waals surface area contributed by atoms with Gasteiger partial charge in [-0.1, -0.05) is 43.9 Å². The van der Waals surface area contributed by atoms with Gasteiger partial charge in [0.1, 0.15) is 0 Å². The fourth-order valence-electron chi connectivity index (χ4n) is 2.91. The van der Waals surface area contributed by atoms with Crippen molar-refractivity contribution in [1.82, 2.24) is 0 Å². The molecule has 2 aromatic rings. The Bertz CT molecular complexity index is 463. The Morgan fingerprint density at radius 2 is 2.00 bits per heavy atom. The standard InChI is InChI=1S/C15H19NS/c16-13(9-11-5-1-2-6-11)15-10-12-7-3-4-8-14(12)17-15/h3-4,7-8,10-11,13H,1-2,5-6,9,16H2. The summed E-state index contributed by atoms with van der Waals surface area (Å²) >= 11 is 1.86. The largest absolute Gasteiger partial charge is 0.323 e.